The Hall–Kier alpha value is -2.92. The lowest BCUT2D eigenvalue weighted by molar-refractivity contribution is 0.0534. The molecule has 0 atom stereocenters. The lowest BCUT2D eigenvalue weighted by Crippen LogP contribution is -2.50. The molecule has 0 N–H and O–H groups in total. The van der Waals surface area contributed by atoms with E-state index in [-0.39, 0.29) is 22.4 Å². The molecule has 4 rings (SSSR count). The molecule has 28 heavy (non-hydrogen) atoms. The van der Waals surface area contributed by atoms with E-state index in [1.807, 2.05) is 42.5 Å². The van der Waals surface area contributed by atoms with Crippen LogP contribution in [0.25, 0.3) is 10.8 Å². The fraction of sp³-hybridized carbons (Fsp3) is 0.182. The summed E-state index contributed by atoms with van der Waals surface area (Å²) in [6.45, 7) is 1.53. The fourth-order valence-corrected chi connectivity index (χ4v) is 3.69. The van der Waals surface area contributed by atoms with Gasteiger partial charge in [-0.05, 0) is 35.0 Å². The molecule has 1 heterocycles. The van der Waals surface area contributed by atoms with Gasteiger partial charge in [-0.25, -0.2) is 4.39 Å². The normalized spacial score (nSPS) is 14.4. The number of hydrogen-bond donors (Lipinski definition) is 0. The lowest BCUT2D eigenvalue weighted by Gasteiger charge is -2.35. The summed E-state index contributed by atoms with van der Waals surface area (Å²) in [5.41, 5.74) is 0.653. The van der Waals surface area contributed by atoms with Gasteiger partial charge < -0.3 is 9.80 Å². The van der Waals surface area contributed by atoms with Crippen molar-refractivity contribution in [2.45, 2.75) is 0 Å². The Balaban J connectivity index is 1.48. The third-order valence-electron chi connectivity index (χ3n) is 5.04. The van der Waals surface area contributed by atoms with Crippen LogP contribution in [-0.2, 0) is 0 Å². The molecule has 0 aromatic heterocycles. The third-order valence-corrected chi connectivity index (χ3v) is 5.27. The first-order valence-corrected chi connectivity index (χ1v) is 9.44. The van der Waals surface area contributed by atoms with Crippen LogP contribution in [0, 0.1) is 5.82 Å². The molecule has 3 aromatic rings. The summed E-state index contributed by atoms with van der Waals surface area (Å²) in [7, 11) is 0. The number of nitrogens with zero attached hydrogens (tertiary/aromatic N) is 2. The molecule has 0 unspecified atom stereocenters. The van der Waals surface area contributed by atoms with Crippen molar-refractivity contribution >= 4 is 34.2 Å². The Kier molecular flexibility index (Phi) is 5.01. The monoisotopic (exact) mass is 396 g/mol. The molecule has 3 aromatic carbocycles. The average molecular weight is 397 g/mol. The maximum atomic E-state index is 14.0. The summed E-state index contributed by atoms with van der Waals surface area (Å²) in [6.07, 6.45) is 0. The Morgan fingerprint density at radius 3 is 2.07 bits per heavy atom. The number of rotatable bonds is 2. The number of carbonyl (C=O) groups excluding carboxylic acids is 2. The van der Waals surface area contributed by atoms with Crippen molar-refractivity contribution in [2.75, 3.05) is 26.2 Å². The van der Waals surface area contributed by atoms with Gasteiger partial charge in [-0.2, -0.15) is 0 Å². The van der Waals surface area contributed by atoms with E-state index >= 15 is 0 Å². The SMILES string of the molecule is O=C(c1ccc(Cl)cc1F)N1CCN(C(=O)c2cccc3ccccc23)CC1. The van der Waals surface area contributed by atoms with E-state index in [0.29, 0.717) is 31.7 Å². The first-order valence-electron chi connectivity index (χ1n) is 9.06. The Labute approximate surface area is 167 Å². The van der Waals surface area contributed by atoms with E-state index in [0.717, 1.165) is 16.8 Å². The highest BCUT2D eigenvalue weighted by atomic mass is 35.5. The van der Waals surface area contributed by atoms with Crippen LogP contribution in [0.1, 0.15) is 20.7 Å². The van der Waals surface area contributed by atoms with Gasteiger partial charge in [-0.3, -0.25) is 9.59 Å². The molecule has 0 aliphatic carbocycles. The summed E-state index contributed by atoms with van der Waals surface area (Å²) in [4.78, 5) is 28.9. The van der Waals surface area contributed by atoms with Gasteiger partial charge in [-0.15, -0.1) is 0 Å². The number of piperazine rings is 1. The van der Waals surface area contributed by atoms with Crippen LogP contribution in [0.5, 0.6) is 0 Å². The maximum absolute atomic E-state index is 14.0. The number of fused-ring (bicyclic) bond motifs is 1. The van der Waals surface area contributed by atoms with Gasteiger partial charge in [0.05, 0.1) is 5.56 Å². The Bertz CT molecular complexity index is 1060. The molecule has 0 bridgehead atoms. The summed E-state index contributed by atoms with van der Waals surface area (Å²) >= 11 is 5.75. The van der Waals surface area contributed by atoms with Gasteiger partial charge in [0, 0.05) is 36.8 Å². The van der Waals surface area contributed by atoms with Crippen molar-refractivity contribution in [1.82, 2.24) is 9.80 Å². The smallest absolute Gasteiger partial charge is 0.256 e. The summed E-state index contributed by atoms with van der Waals surface area (Å²) < 4.78 is 14.0. The zero-order valence-corrected chi connectivity index (χ0v) is 15.8. The molecule has 2 amide bonds. The van der Waals surface area contributed by atoms with E-state index in [1.165, 1.54) is 12.1 Å². The number of carbonyl (C=O) groups is 2. The number of benzene rings is 3. The molecular formula is C22H18ClFN2O2. The van der Waals surface area contributed by atoms with Crippen LogP contribution >= 0.6 is 11.6 Å². The molecular weight excluding hydrogens is 379 g/mol. The highest BCUT2D eigenvalue weighted by Gasteiger charge is 2.27. The number of halogens is 2. The zero-order valence-electron chi connectivity index (χ0n) is 15.1. The number of hydrogen-bond acceptors (Lipinski definition) is 2. The standard InChI is InChI=1S/C22H18ClFN2O2/c23-16-8-9-19(20(24)14-16)22(28)26-12-10-25(11-13-26)21(27)18-7-3-5-15-4-1-2-6-17(15)18/h1-9,14H,10-13H2. The molecule has 1 aliphatic rings. The molecule has 1 aliphatic heterocycles. The Morgan fingerprint density at radius 1 is 0.786 bits per heavy atom. The van der Waals surface area contributed by atoms with E-state index in [2.05, 4.69) is 0 Å². The third kappa shape index (κ3) is 3.45. The quantitative estimate of drug-likeness (QED) is 0.650. The van der Waals surface area contributed by atoms with E-state index in [4.69, 9.17) is 11.6 Å². The van der Waals surface area contributed by atoms with Crippen molar-refractivity contribution in [3.63, 3.8) is 0 Å². The van der Waals surface area contributed by atoms with Crippen LogP contribution < -0.4 is 0 Å². The molecule has 0 radical (unpaired) electrons. The van der Waals surface area contributed by atoms with Crippen molar-refractivity contribution in [2.24, 2.45) is 0 Å². The predicted molar refractivity (Wildman–Crippen MR) is 107 cm³/mol. The fourth-order valence-electron chi connectivity index (χ4n) is 3.53. The minimum atomic E-state index is -0.633. The number of amides is 2. The highest BCUT2D eigenvalue weighted by molar-refractivity contribution is 6.30. The first kappa shape index (κ1) is 18.4. The van der Waals surface area contributed by atoms with Gasteiger partial charge >= 0.3 is 0 Å². The van der Waals surface area contributed by atoms with Crippen LogP contribution in [0.2, 0.25) is 5.02 Å². The molecule has 1 saturated heterocycles. The molecule has 6 heteroatoms. The topological polar surface area (TPSA) is 40.6 Å². The average Bonchev–Trinajstić information content (AvgIpc) is 2.72. The van der Waals surface area contributed by atoms with Crippen molar-refractivity contribution in [3.8, 4) is 0 Å². The van der Waals surface area contributed by atoms with Crippen molar-refractivity contribution in [3.05, 3.63) is 82.6 Å². The van der Waals surface area contributed by atoms with Crippen LogP contribution in [0.3, 0.4) is 0 Å². The van der Waals surface area contributed by atoms with E-state index in [9.17, 15) is 14.0 Å². The van der Waals surface area contributed by atoms with E-state index in [1.54, 1.807) is 9.80 Å². The van der Waals surface area contributed by atoms with Crippen LogP contribution in [-0.4, -0.2) is 47.8 Å². The maximum Gasteiger partial charge on any atom is 0.256 e. The first-order chi connectivity index (χ1) is 13.5. The molecule has 4 nitrogen and oxygen atoms in total. The summed E-state index contributed by atoms with van der Waals surface area (Å²) in [5.74, 6) is -1.07. The summed E-state index contributed by atoms with van der Waals surface area (Å²) in [6, 6.07) is 17.5. The molecule has 142 valence electrons. The van der Waals surface area contributed by atoms with E-state index < -0.39 is 5.82 Å². The minimum Gasteiger partial charge on any atom is -0.335 e. The second-order valence-electron chi connectivity index (χ2n) is 6.74. The van der Waals surface area contributed by atoms with Crippen molar-refractivity contribution in [1.29, 1.82) is 0 Å². The highest BCUT2D eigenvalue weighted by Crippen LogP contribution is 2.22. The van der Waals surface area contributed by atoms with Crippen LogP contribution in [0.4, 0.5) is 4.39 Å². The second-order valence-corrected chi connectivity index (χ2v) is 7.17. The molecule has 0 saturated carbocycles. The van der Waals surface area contributed by atoms with Crippen molar-refractivity contribution < 1.29 is 14.0 Å². The van der Waals surface area contributed by atoms with Crippen LogP contribution in [0.15, 0.2) is 60.7 Å². The zero-order chi connectivity index (χ0) is 19.7. The molecule has 0 spiro atoms. The Morgan fingerprint density at radius 2 is 1.39 bits per heavy atom. The largest absolute Gasteiger partial charge is 0.335 e. The van der Waals surface area contributed by atoms with Gasteiger partial charge in [0.25, 0.3) is 11.8 Å². The molecule has 1 fully saturated rings. The predicted octanol–water partition coefficient (Wildman–Crippen LogP) is 4.23. The second kappa shape index (κ2) is 7.60. The summed E-state index contributed by atoms with van der Waals surface area (Å²) in [5, 5.41) is 2.18. The van der Waals surface area contributed by atoms with Gasteiger partial charge in [0.1, 0.15) is 5.82 Å². The van der Waals surface area contributed by atoms with Gasteiger partial charge in [0.15, 0.2) is 0 Å². The van der Waals surface area contributed by atoms with Gasteiger partial charge in [0.2, 0.25) is 0 Å². The van der Waals surface area contributed by atoms with Gasteiger partial charge in [-0.1, -0.05) is 48.0 Å². The lowest BCUT2D eigenvalue weighted by atomic mass is 10.0. The minimum absolute atomic E-state index is 0.00164.